The van der Waals surface area contributed by atoms with Gasteiger partial charge in [-0.1, -0.05) is 27.3 Å². The van der Waals surface area contributed by atoms with Crippen LogP contribution in [-0.4, -0.2) is 54.7 Å². The summed E-state index contributed by atoms with van der Waals surface area (Å²) in [5, 5.41) is 0. The van der Waals surface area contributed by atoms with Gasteiger partial charge in [0.05, 0.1) is 15.1 Å². The number of nitrogens with one attached hydrogen (secondary N) is 1. The van der Waals surface area contributed by atoms with Crippen LogP contribution < -0.4 is 4.87 Å². The molecule has 0 spiro atoms. The molecule has 0 aliphatic carbocycles. The van der Waals surface area contributed by atoms with Crippen molar-refractivity contribution in [1.82, 2.24) is 14.2 Å². The van der Waals surface area contributed by atoms with E-state index in [1.54, 1.807) is 35.2 Å². The maximum absolute atomic E-state index is 13.0. The molecule has 2 heterocycles. The summed E-state index contributed by atoms with van der Waals surface area (Å²) in [6, 6.07) is 11.7. The van der Waals surface area contributed by atoms with Crippen LogP contribution in [0.15, 0.2) is 56.6 Å². The van der Waals surface area contributed by atoms with E-state index in [1.807, 2.05) is 0 Å². The van der Waals surface area contributed by atoms with Crippen molar-refractivity contribution in [3.63, 3.8) is 0 Å². The van der Waals surface area contributed by atoms with Gasteiger partial charge in [-0.15, -0.1) is 0 Å². The highest BCUT2D eigenvalue weighted by molar-refractivity contribution is 9.10. The number of piperazine rings is 1. The summed E-state index contributed by atoms with van der Waals surface area (Å²) in [7, 11) is -3.68. The van der Waals surface area contributed by atoms with E-state index in [9.17, 15) is 18.0 Å². The van der Waals surface area contributed by atoms with Crippen molar-refractivity contribution in [1.29, 1.82) is 0 Å². The predicted molar refractivity (Wildman–Crippen MR) is 111 cm³/mol. The fraction of sp³-hybridized carbons (Fsp3) is 0.222. The lowest BCUT2D eigenvalue weighted by molar-refractivity contribution is 0.0698. The molecule has 1 fully saturated rings. The number of fused-ring (bicyclic) bond motifs is 1. The maximum Gasteiger partial charge on any atom is 0.305 e. The third-order valence-corrected chi connectivity index (χ3v) is 7.92. The van der Waals surface area contributed by atoms with Gasteiger partial charge in [0.1, 0.15) is 0 Å². The van der Waals surface area contributed by atoms with E-state index in [0.29, 0.717) is 28.9 Å². The molecule has 146 valence electrons. The fourth-order valence-electron chi connectivity index (χ4n) is 3.14. The van der Waals surface area contributed by atoms with E-state index in [0.717, 1.165) is 15.8 Å². The van der Waals surface area contributed by atoms with Crippen LogP contribution in [0.3, 0.4) is 0 Å². The molecule has 10 heteroatoms. The number of carbonyl (C=O) groups is 1. The van der Waals surface area contributed by atoms with Gasteiger partial charge >= 0.3 is 4.87 Å². The summed E-state index contributed by atoms with van der Waals surface area (Å²) >= 11 is 4.32. The van der Waals surface area contributed by atoms with Gasteiger partial charge in [-0.3, -0.25) is 9.59 Å². The van der Waals surface area contributed by atoms with E-state index < -0.39 is 10.0 Å². The smallest absolute Gasteiger partial charge is 0.305 e. The van der Waals surface area contributed by atoms with Gasteiger partial charge in [-0.25, -0.2) is 8.42 Å². The number of H-pyrrole nitrogens is 1. The first-order valence-electron chi connectivity index (χ1n) is 8.52. The SMILES string of the molecule is O=C(c1ccc(Br)cc1)N1CCN(S(=O)(=O)c2ccc3[nH]c(=O)sc3c2)CC1. The van der Waals surface area contributed by atoms with Crippen LogP contribution in [0.25, 0.3) is 10.2 Å². The zero-order valence-electron chi connectivity index (χ0n) is 14.6. The number of sulfonamides is 1. The van der Waals surface area contributed by atoms with Gasteiger partial charge in [0, 0.05) is 36.2 Å². The molecular weight excluding hydrogens is 466 g/mol. The van der Waals surface area contributed by atoms with Gasteiger partial charge in [0.25, 0.3) is 5.91 Å². The zero-order chi connectivity index (χ0) is 19.9. The number of aromatic amines is 1. The van der Waals surface area contributed by atoms with Crippen LogP contribution in [0.4, 0.5) is 0 Å². The largest absolute Gasteiger partial charge is 0.336 e. The Bertz CT molecular complexity index is 1190. The van der Waals surface area contributed by atoms with Gasteiger partial charge < -0.3 is 9.88 Å². The molecule has 2 aromatic carbocycles. The first kappa shape index (κ1) is 19.3. The Morgan fingerprint density at radius 1 is 1.04 bits per heavy atom. The van der Waals surface area contributed by atoms with Crippen LogP contribution in [0, 0.1) is 0 Å². The summed E-state index contributed by atoms with van der Waals surface area (Å²) in [5.41, 5.74) is 1.20. The average molecular weight is 482 g/mol. The minimum Gasteiger partial charge on any atom is -0.336 e. The number of thiazole rings is 1. The van der Waals surface area contributed by atoms with Crippen LogP contribution in [0.5, 0.6) is 0 Å². The second-order valence-electron chi connectivity index (χ2n) is 6.38. The van der Waals surface area contributed by atoms with Crippen LogP contribution >= 0.6 is 27.3 Å². The first-order chi connectivity index (χ1) is 13.3. The third-order valence-electron chi connectivity index (χ3n) is 4.65. The molecule has 1 amide bonds. The highest BCUT2D eigenvalue weighted by Gasteiger charge is 2.30. The third kappa shape index (κ3) is 3.64. The molecule has 1 aromatic heterocycles. The van der Waals surface area contributed by atoms with Gasteiger partial charge in [0.15, 0.2) is 0 Å². The van der Waals surface area contributed by atoms with Gasteiger partial charge in [-0.2, -0.15) is 4.31 Å². The normalized spacial score (nSPS) is 15.8. The Balaban J connectivity index is 1.49. The molecule has 3 aromatic rings. The van der Waals surface area contributed by atoms with Crippen LogP contribution in [0.1, 0.15) is 10.4 Å². The Kier molecular flexibility index (Phi) is 5.13. The lowest BCUT2D eigenvalue weighted by Gasteiger charge is -2.34. The topological polar surface area (TPSA) is 90.6 Å². The average Bonchev–Trinajstić information content (AvgIpc) is 3.07. The number of rotatable bonds is 3. The van der Waals surface area contributed by atoms with Crippen molar-refractivity contribution in [2.45, 2.75) is 4.90 Å². The minimum absolute atomic E-state index is 0.108. The Labute approximate surface area is 173 Å². The molecule has 28 heavy (non-hydrogen) atoms. The van der Waals surface area contributed by atoms with Crippen molar-refractivity contribution in [2.75, 3.05) is 26.2 Å². The van der Waals surface area contributed by atoms with Crippen LogP contribution in [-0.2, 0) is 10.0 Å². The number of hydrogen-bond donors (Lipinski definition) is 1. The van der Waals surface area contributed by atoms with Crippen molar-refractivity contribution in [2.24, 2.45) is 0 Å². The summed E-state index contributed by atoms with van der Waals surface area (Å²) in [5.74, 6) is -0.108. The molecule has 0 unspecified atom stereocenters. The Hall–Kier alpha value is -2.01. The minimum atomic E-state index is -3.68. The van der Waals surface area contributed by atoms with Crippen LogP contribution in [0.2, 0.25) is 0 Å². The predicted octanol–water partition coefficient (Wildman–Crippen LogP) is 2.50. The molecule has 0 bridgehead atoms. The monoisotopic (exact) mass is 481 g/mol. The van der Waals surface area contributed by atoms with E-state index in [4.69, 9.17) is 0 Å². The van der Waals surface area contributed by atoms with Crippen molar-refractivity contribution >= 4 is 53.4 Å². The molecule has 0 saturated carbocycles. The second kappa shape index (κ2) is 7.43. The number of amides is 1. The molecule has 4 rings (SSSR count). The maximum atomic E-state index is 13.0. The summed E-state index contributed by atoms with van der Waals surface area (Å²) < 4.78 is 28.8. The lowest BCUT2D eigenvalue weighted by atomic mass is 10.2. The summed E-state index contributed by atoms with van der Waals surface area (Å²) in [6.45, 7) is 1.11. The molecular formula is C18H16BrN3O4S2. The molecule has 0 atom stereocenters. The van der Waals surface area contributed by atoms with Crippen molar-refractivity contribution in [3.8, 4) is 0 Å². The van der Waals surface area contributed by atoms with E-state index >= 15 is 0 Å². The number of hydrogen-bond acceptors (Lipinski definition) is 5. The number of carbonyl (C=O) groups excluding carboxylic acids is 1. The molecule has 1 N–H and O–H groups in total. The van der Waals surface area contributed by atoms with Gasteiger partial charge in [-0.05, 0) is 42.5 Å². The zero-order valence-corrected chi connectivity index (χ0v) is 17.8. The molecule has 1 aliphatic heterocycles. The van der Waals surface area contributed by atoms with Crippen molar-refractivity contribution in [3.05, 3.63) is 62.2 Å². The fourth-order valence-corrected chi connectivity index (χ4v) is 5.71. The Morgan fingerprint density at radius 3 is 2.39 bits per heavy atom. The number of aromatic nitrogens is 1. The molecule has 1 saturated heterocycles. The lowest BCUT2D eigenvalue weighted by Crippen LogP contribution is -2.50. The Morgan fingerprint density at radius 2 is 1.71 bits per heavy atom. The standard InChI is InChI=1S/C18H16BrN3O4S2/c19-13-3-1-12(2-4-13)17(23)21-7-9-22(10-8-21)28(25,26)14-5-6-15-16(11-14)27-18(24)20-15/h1-6,11H,7-10H2,(H,20,24). The summed E-state index contributed by atoms with van der Waals surface area (Å²) in [4.78, 5) is 28.3. The highest BCUT2D eigenvalue weighted by atomic mass is 79.9. The molecule has 1 aliphatic rings. The highest BCUT2D eigenvalue weighted by Crippen LogP contribution is 2.23. The number of nitrogens with zero attached hydrogens (tertiary/aromatic N) is 2. The second-order valence-corrected chi connectivity index (χ2v) is 10.2. The van der Waals surface area contributed by atoms with Crippen molar-refractivity contribution < 1.29 is 13.2 Å². The van der Waals surface area contributed by atoms with E-state index in [2.05, 4.69) is 20.9 Å². The number of benzene rings is 2. The first-order valence-corrected chi connectivity index (χ1v) is 11.6. The number of halogens is 1. The quantitative estimate of drug-likeness (QED) is 0.621. The summed E-state index contributed by atoms with van der Waals surface area (Å²) in [6.07, 6.45) is 0. The van der Waals surface area contributed by atoms with E-state index in [1.165, 1.54) is 16.4 Å². The van der Waals surface area contributed by atoms with E-state index in [-0.39, 0.29) is 28.8 Å². The molecule has 0 radical (unpaired) electrons. The van der Waals surface area contributed by atoms with Gasteiger partial charge in [0.2, 0.25) is 10.0 Å². The molecule has 7 nitrogen and oxygen atoms in total.